The Labute approximate surface area is 160 Å². The van der Waals surface area contributed by atoms with Gasteiger partial charge < -0.3 is 4.90 Å². The third-order valence-electron chi connectivity index (χ3n) is 4.27. The van der Waals surface area contributed by atoms with E-state index in [2.05, 4.69) is 25.7 Å². The Balaban J connectivity index is 3.74. The van der Waals surface area contributed by atoms with Crippen molar-refractivity contribution in [3.05, 3.63) is 0 Å². The van der Waals surface area contributed by atoms with Crippen LogP contribution in [0, 0.1) is 0 Å². The summed E-state index contributed by atoms with van der Waals surface area (Å²) in [6, 6.07) is 0. The first-order valence-electron chi connectivity index (χ1n) is 10.2. The van der Waals surface area contributed by atoms with Crippen LogP contribution >= 0.6 is 23.5 Å². The van der Waals surface area contributed by atoms with E-state index >= 15 is 0 Å². The Morgan fingerprint density at radius 1 is 0.708 bits per heavy atom. The van der Waals surface area contributed by atoms with E-state index < -0.39 is 0 Å². The van der Waals surface area contributed by atoms with Gasteiger partial charge >= 0.3 is 0 Å². The Hall–Kier alpha value is 0.170. The zero-order chi connectivity index (χ0) is 17.9. The molecular weight excluding hydrogens is 334 g/mol. The van der Waals surface area contributed by atoms with Gasteiger partial charge in [0.05, 0.1) is 0 Å². The fourth-order valence-electron chi connectivity index (χ4n) is 2.74. The molecule has 0 aromatic rings. The van der Waals surface area contributed by atoms with Crippen LogP contribution in [0.3, 0.4) is 0 Å². The number of carbonyl (C=O) groups is 1. The molecule has 0 aliphatic carbocycles. The second kappa shape index (κ2) is 19.5. The molecule has 24 heavy (non-hydrogen) atoms. The summed E-state index contributed by atoms with van der Waals surface area (Å²) >= 11 is 3.87. The summed E-state index contributed by atoms with van der Waals surface area (Å²) in [5.41, 5.74) is 0. The number of hydrogen-bond donors (Lipinski definition) is 0. The van der Waals surface area contributed by atoms with E-state index in [9.17, 15) is 4.79 Å². The summed E-state index contributed by atoms with van der Waals surface area (Å²) in [6.45, 7) is 8.50. The van der Waals surface area contributed by atoms with E-state index in [1.807, 2.05) is 23.5 Å². The minimum atomic E-state index is 0.381. The molecule has 0 aliphatic heterocycles. The molecule has 0 saturated carbocycles. The molecule has 0 aromatic heterocycles. The van der Waals surface area contributed by atoms with Gasteiger partial charge in [-0.3, -0.25) is 4.79 Å². The Bertz CT molecular complexity index is 264. The fourth-order valence-corrected chi connectivity index (χ4v) is 4.02. The maximum absolute atomic E-state index is 12.4. The molecule has 1 amide bonds. The van der Waals surface area contributed by atoms with Crippen molar-refractivity contribution in [3.8, 4) is 0 Å². The third kappa shape index (κ3) is 15.7. The maximum Gasteiger partial charge on any atom is 0.222 e. The monoisotopic (exact) mass is 375 g/mol. The number of rotatable bonds is 18. The molecule has 0 spiro atoms. The maximum atomic E-state index is 12.4. The van der Waals surface area contributed by atoms with Gasteiger partial charge in [0.15, 0.2) is 0 Å². The van der Waals surface area contributed by atoms with Crippen LogP contribution in [0.1, 0.15) is 85.0 Å². The first-order valence-corrected chi connectivity index (χ1v) is 12.5. The van der Waals surface area contributed by atoms with Crippen molar-refractivity contribution in [2.45, 2.75) is 85.0 Å². The molecule has 0 heterocycles. The van der Waals surface area contributed by atoms with Crippen molar-refractivity contribution in [3.63, 3.8) is 0 Å². The fraction of sp³-hybridized carbons (Fsp3) is 0.950. The zero-order valence-corrected chi connectivity index (χ0v) is 18.1. The average Bonchev–Trinajstić information content (AvgIpc) is 2.59. The van der Waals surface area contributed by atoms with E-state index in [1.54, 1.807) is 0 Å². The molecule has 0 saturated heterocycles. The van der Waals surface area contributed by atoms with Gasteiger partial charge in [0.2, 0.25) is 5.91 Å². The number of thioether (sulfide) groups is 2. The van der Waals surface area contributed by atoms with Crippen LogP contribution in [0.2, 0.25) is 0 Å². The van der Waals surface area contributed by atoms with Crippen molar-refractivity contribution in [2.75, 3.05) is 36.1 Å². The molecule has 4 heteroatoms. The smallest absolute Gasteiger partial charge is 0.222 e. The second-order valence-electron chi connectivity index (χ2n) is 6.35. The Kier molecular flexibility index (Phi) is 19.6. The normalized spacial score (nSPS) is 11.0. The lowest BCUT2D eigenvalue weighted by Gasteiger charge is -2.22. The number of carbonyl (C=O) groups excluding carboxylic acids is 1. The molecule has 0 atom stereocenters. The number of nitrogens with zero attached hydrogens (tertiary/aromatic N) is 1. The number of unbranched alkanes of at least 4 members (excludes halogenated alkanes) is 8. The molecule has 0 unspecified atom stereocenters. The lowest BCUT2D eigenvalue weighted by molar-refractivity contribution is -0.130. The zero-order valence-electron chi connectivity index (χ0n) is 16.5. The summed E-state index contributed by atoms with van der Waals surface area (Å²) < 4.78 is 0. The van der Waals surface area contributed by atoms with Gasteiger partial charge in [0.25, 0.3) is 0 Å². The summed E-state index contributed by atoms with van der Waals surface area (Å²) in [6.07, 6.45) is 12.6. The number of hydrogen-bond acceptors (Lipinski definition) is 3. The van der Waals surface area contributed by atoms with Gasteiger partial charge in [-0.1, -0.05) is 72.1 Å². The average molecular weight is 376 g/mol. The largest absolute Gasteiger partial charge is 0.341 e. The van der Waals surface area contributed by atoms with E-state index in [1.165, 1.54) is 51.4 Å². The van der Waals surface area contributed by atoms with Gasteiger partial charge in [0.1, 0.15) is 0 Å². The molecule has 0 N–H and O–H groups in total. The highest BCUT2D eigenvalue weighted by atomic mass is 32.2. The van der Waals surface area contributed by atoms with Crippen LogP contribution in [0.15, 0.2) is 0 Å². The summed E-state index contributed by atoms with van der Waals surface area (Å²) in [5, 5.41) is 0. The molecule has 0 radical (unpaired) electrons. The van der Waals surface area contributed by atoms with Gasteiger partial charge in [-0.2, -0.15) is 23.5 Å². The highest BCUT2D eigenvalue weighted by Gasteiger charge is 2.12. The first kappa shape index (κ1) is 24.2. The van der Waals surface area contributed by atoms with Crippen LogP contribution in [0.5, 0.6) is 0 Å². The minimum Gasteiger partial charge on any atom is -0.341 e. The third-order valence-corrected chi connectivity index (χ3v) is 6.03. The molecule has 0 fully saturated rings. The lowest BCUT2D eigenvalue weighted by atomic mass is 10.1. The van der Waals surface area contributed by atoms with E-state index in [0.717, 1.165) is 48.9 Å². The SMILES string of the molecule is CCCCCCCCCCCC(=O)N(CCSCC)CCSCC. The second-order valence-corrected chi connectivity index (χ2v) is 9.14. The molecular formula is C20H41NOS2. The molecule has 0 aliphatic rings. The van der Waals surface area contributed by atoms with Crippen molar-refractivity contribution < 1.29 is 4.79 Å². The summed E-state index contributed by atoms with van der Waals surface area (Å²) in [5.74, 6) is 4.83. The lowest BCUT2D eigenvalue weighted by Crippen LogP contribution is -2.34. The molecule has 0 bridgehead atoms. The Morgan fingerprint density at radius 2 is 1.17 bits per heavy atom. The summed E-state index contributed by atoms with van der Waals surface area (Å²) in [4.78, 5) is 14.6. The summed E-state index contributed by atoms with van der Waals surface area (Å²) in [7, 11) is 0. The van der Waals surface area contributed by atoms with Gasteiger partial charge in [-0.15, -0.1) is 0 Å². The topological polar surface area (TPSA) is 20.3 Å². The highest BCUT2D eigenvalue weighted by Crippen LogP contribution is 2.12. The van der Waals surface area contributed by atoms with Gasteiger partial charge in [-0.05, 0) is 17.9 Å². The van der Waals surface area contributed by atoms with Gasteiger partial charge in [-0.25, -0.2) is 0 Å². The first-order chi connectivity index (χ1) is 11.8. The van der Waals surface area contributed by atoms with Crippen LogP contribution in [0.25, 0.3) is 0 Å². The van der Waals surface area contributed by atoms with Crippen LogP contribution in [-0.4, -0.2) is 46.9 Å². The van der Waals surface area contributed by atoms with Crippen LogP contribution in [-0.2, 0) is 4.79 Å². The van der Waals surface area contributed by atoms with Crippen molar-refractivity contribution in [2.24, 2.45) is 0 Å². The van der Waals surface area contributed by atoms with Crippen LogP contribution < -0.4 is 0 Å². The molecule has 0 rings (SSSR count). The Morgan fingerprint density at radius 3 is 1.62 bits per heavy atom. The molecule has 0 aromatic carbocycles. The van der Waals surface area contributed by atoms with Crippen molar-refractivity contribution in [1.29, 1.82) is 0 Å². The van der Waals surface area contributed by atoms with Crippen molar-refractivity contribution in [1.82, 2.24) is 4.90 Å². The van der Waals surface area contributed by atoms with E-state index in [4.69, 9.17) is 0 Å². The van der Waals surface area contributed by atoms with Crippen LogP contribution in [0.4, 0.5) is 0 Å². The molecule has 144 valence electrons. The molecule has 2 nitrogen and oxygen atoms in total. The van der Waals surface area contributed by atoms with E-state index in [-0.39, 0.29) is 0 Å². The predicted molar refractivity (Wildman–Crippen MR) is 114 cm³/mol. The standard InChI is InChI=1S/C20H41NOS2/c1-4-7-8-9-10-11-12-13-14-15-20(22)21(16-18-23-5-2)17-19-24-6-3/h4-19H2,1-3H3. The number of amides is 1. The van der Waals surface area contributed by atoms with E-state index in [0.29, 0.717) is 5.91 Å². The van der Waals surface area contributed by atoms with Crippen molar-refractivity contribution >= 4 is 29.4 Å². The minimum absolute atomic E-state index is 0.381. The quantitative estimate of drug-likeness (QED) is 0.264. The predicted octanol–water partition coefficient (Wildman–Crippen LogP) is 6.24. The van der Waals surface area contributed by atoms with Gasteiger partial charge in [0, 0.05) is 31.0 Å². The highest BCUT2D eigenvalue weighted by molar-refractivity contribution is 7.99.